The van der Waals surface area contributed by atoms with Crippen molar-refractivity contribution in [1.29, 1.82) is 0 Å². The Hall–Kier alpha value is -2.82. The molecule has 2 aromatic rings. The molecule has 5 nitrogen and oxygen atoms in total. The van der Waals surface area contributed by atoms with Gasteiger partial charge in [-0.15, -0.1) is 0 Å². The summed E-state index contributed by atoms with van der Waals surface area (Å²) >= 11 is 0. The summed E-state index contributed by atoms with van der Waals surface area (Å²) in [7, 11) is 1.56. The minimum absolute atomic E-state index is 0.336. The second-order valence-electron chi connectivity index (χ2n) is 5.62. The molecule has 24 heavy (non-hydrogen) atoms. The van der Waals surface area contributed by atoms with Gasteiger partial charge in [-0.2, -0.15) is 0 Å². The van der Waals surface area contributed by atoms with Gasteiger partial charge in [0.2, 0.25) is 0 Å². The van der Waals surface area contributed by atoms with Gasteiger partial charge in [-0.3, -0.25) is 4.79 Å². The van der Waals surface area contributed by atoms with Gasteiger partial charge < -0.3 is 14.8 Å². The standard InChI is InChI=1S/C19H21NO4/c1-12-5-8-17(14(3)9-12)20-18(21)11-24-19(22)16-7-6-15(23-4)10-13(16)2/h5-10H,11H2,1-4H3,(H,20,21). The van der Waals surface area contributed by atoms with Crippen LogP contribution < -0.4 is 10.1 Å². The van der Waals surface area contributed by atoms with E-state index in [1.54, 1.807) is 32.2 Å². The van der Waals surface area contributed by atoms with E-state index in [1.165, 1.54) is 0 Å². The molecule has 5 heteroatoms. The summed E-state index contributed by atoms with van der Waals surface area (Å²) in [5.74, 6) is -0.246. The van der Waals surface area contributed by atoms with Crippen LogP contribution in [0.5, 0.6) is 5.75 Å². The van der Waals surface area contributed by atoms with E-state index in [0.717, 1.165) is 16.7 Å². The molecular weight excluding hydrogens is 306 g/mol. The normalized spacial score (nSPS) is 10.2. The number of rotatable bonds is 5. The maximum absolute atomic E-state index is 12.1. The Morgan fingerprint density at radius 2 is 1.75 bits per heavy atom. The van der Waals surface area contributed by atoms with Gasteiger partial charge >= 0.3 is 5.97 Å². The molecule has 0 saturated carbocycles. The first-order valence-corrected chi connectivity index (χ1v) is 7.59. The lowest BCUT2D eigenvalue weighted by atomic mass is 10.1. The van der Waals surface area contributed by atoms with Crippen molar-refractivity contribution in [2.75, 3.05) is 19.0 Å². The number of ether oxygens (including phenoxy) is 2. The van der Waals surface area contributed by atoms with E-state index in [1.807, 2.05) is 32.0 Å². The fourth-order valence-electron chi connectivity index (χ4n) is 2.34. The highest BCUT2D eigenvalue weighted by Crippen LogP contribution is 2.18. The fourth-order valence-corrected chi connectivity index (χ4v) is 2.34. The van der Waals surface area contributed by atoms with E-state index in [4.69, 9.17) is 9.47 Å². The molecule has 0 aliphatic carbocycles. The topological polar surface area (TPSA) is 64.6 Å². The van der Waals surface area contributed by atoms with Crippen LogP contribution in [0.3, 0.4) is 0 Å². The summed E-state index contributed by atoms with van der Waals surface area (Å²) in [6.07, 6.45) is 0. The third-order valence-corrected chi connectivity index (χ3v) is 3.64. The lowest BCUT2D eigenvalue weighted by molar-refractivity contribution is -0.119. The third kappa shape index (κ3) is 4.35. The molecule has 1 N–H and O–H groups in total. The van der Waals surface area contributed by atoms with Crippen LogP contribution in [-0.4, -0.2) is 25.6 Å². The molecular formula is C19H21NO4. The molecule has 0 aliphatic heterocycles. The highest BCUT2D eigenvalue weighted by Gasteiger charge is 2.14. The van der Waals surface area contributed by atoms with Crippen molar-refractivity contribution < 1.29 is 19.1 Å². The zero-order valence-electron chi connectivity index (χ0n) is 14.3. The average molecular weight is 327 g/mol. The van der Waals surface area contributed by atoms with Gasteiger partial charge in [-0.1, -0.05) is 17.7 Å². The lowest BCUT2D eigenvalue weighted by Gasteiger charge is -2.11. The fraction of sp³-hybridized carbons (Fsp3) is 0.263. The molecule has 0 spiro atoms. The Kier molecular flexibility index (Phi) is 5.58. The smallest absolute Gasteiger partial charge is 0.338 e. The first-order valence-electron chi connectivity index (χ1n) is 7.59. The monoisotopic (exact) mass is 327 g/mol. The Labute approximate surface area is 141 Å². The molecule has 126 valence electrons. The maximum atomic E-state index is 12.1. The van der Waals surface area contributed by atoms with Crippen LogP contribution in [0.4, 0.5) is 5.69 Å². The molecule has 2 rings (SSSR count). The van der Waals surface area contributed by atoms with Crippen molar-refractivity contribution in [1.82, 2.24) is 0 Å². The summed E-state index contributed by atoms with van der Waals surface area (Å²) in [4.78, 5) is 24.1. The molecule has 2 aromatic carbocycles. The minimum Gasteiger partial charge on any atom is -0.497 e. The van der Waals surface area contributed by atoms with E-state index in [9.17, 15) is 9.59 Å². The maximum Gasteiger partial charge on any atom is 0.338 e. The van der Waals surface area contributed by atoms with Crippen molar-refractivity contribution in [3.63, 3.8) is 0 Å². The summed E-state index contributed by atoms with van der Waals surface area (Å²) in [6.45, 7) is 5.35. The quantitative estimate of drug-likeness (QED) is 0.855. The van der Waals surface area contributed by atoms with Crippen LogP contribution in [-0.2, 0) is 9.53 Å². The number of aryl methyl sites for hydroxylation is 3. The number of carbonyl (C=O) groups is 2. The van der Waals surface area contributed by atoms with E-state index >= 15 is 0 Å². The van der Waals surface area contributed by atoms with E-state index in [2.05, 4.69) is 5.32 Å². The van der Waals surface area contributed by atoms with E-state index < -0.39 is 5.97 Å². The predicted octanol–water partition coefficient (Wildman–Crippen LogP) is 3.42. The first-order chi connectivity index (χ1) is 11.4. The largest absolute Gasteiger partial charge is 0.497 e. The Bertz CT molecular complexity index is 768. The number of hydrogen-bond acceptors (Lipinski definition) is 4. The molecule has 0 aromatic heterocycles. The van der Waals surface area contributed by atoms with E-state index in [-0.39, 0.29) is 12.5 Å². The second kappa shape index (κ2) is 7.64. The first kappa shape index (κ1) is 17.5. The number of esters is 1. The van der Waals surface area contributed by atoms with Gasteiger partial charge in [0.05, 0.1) is 12.7 Å². The molecule has 1 amide bonds. The molecule has 0 heterocycles. The van der Waals surface area contributed by atoms with Crippen molar-refractivity contribution in [2.24, 2.45) is 0 Å². The van der Waals surface area contributed by atoms with Crippen molar-refractivity contribution >= 4 is 17.6 Å². The molecule has 0 unspecified atom stereocenters. The van der Waals surface area contributed by atoms with Gasteiger partial charge in [0, 0.05) is 5.69 Å². The summed E-state index contributed by atoms with van der Waals surface area (Å²) in [5, 5.41) is 2.74. The minimum atomic E-state index is -0.536. The zero-order valence-corrected chi connectivity index (χ0v) is 14.3. The van der Waals surface area contributed by atoms with Crippen molar-refractivity contribution in [2.45, 2.75) is 20.8 Å². The summed E-state index contributed by atoms with van der Waals surface area (Å²) in [5.41, 5.74) is 3.93. The van der Waals surface area contributed by atoms with Gasteiger partial charge in [-0.25, -0.2) is 4.79 Å². The van der Waals surface area contributed by atoms with Crippen LogP contribution in [0.1, 0.15) is 27.0 Å². The molecule has 0 fully saturated rings. The summed E-state index contributed by atoms with van der Waals surface area (Å²) < 4.78 is 10.2. The number of hydrogen-bond donors (Lipinski definition) is 1. The summed E-state index contributed by atoms with van der Waals surface area (Å²) in [6, 6.07) is 10.8. The average Bonchev–Trinajstić information content (AvgIpc) is 2.55. The Morgan fingerprint density at radius 1 is 1.00 bits per heavy atom. The molecule has 0 bridgehead atoms. The van der Waals surface area contributed by atoms with Crippen LogP contribution in [0.2, 0.25) is 0 Å². The number of anilines is 1. The number of nitrogens with one attached hydrogen (secondary N) is 1. The van der Waals surface area contributed by atoms with Crippen LogP contribution in [0.15, 0.2) is 36.4 Å². The van der Waals surface area contributed by atoms with Crippen molar-refractivity contribution in [3.05, 3.63) is 58.7 Å². The second-order valence-corrected chi connectivity index (χ2v) is 5.62. The van der Waals surface area contributed by atoms with Gasteiger partial charge in [0.25, 0.3) is 5.91 Å². The zero-order chi connectivity index (χ0) is 17.7. The highest BCUT2D eigenvalue weighted by atomic mass is 16.5. The Morgan fingerprint density at radius 3 is 2.38 bits per heavy atom. The number of carbonyl (C=O) groups excluding carboxylic acids is 2. The number of benzene rings is 2. The third-order valence-electron chi connectivity index (χ3n) is 3.64. The number of amides is 1. The molecule has 0 radical (unpaired) electrons. The van der Waals surface area contributed by atoms with Crippen LogP contribution in [0, 0.1) is 20.8 Å². The Balaban J connectivity index is 1.95. The van der Waals surface area contributed by atoms with Crippen LogP contribution in [0.25, 0.3) is 0 Å². The van der Waals surface area contributed by atoms with Crippen LogP contribution >= 0.6 is 0 Å². The predicted molar refractivity (Wildman–Crippen MR) is 92.6 cm³/mol. The van der Waals surface area contributed by atoms with Gasteiger partial charge in [0.1, 0.15) is 5.75 Å². The molecule has 0 aliphatic rings. The van der Waals surface area contributed by atoms with Gasteiger partial charge in [0.15, 0.2) is 6.61 Å². The lowest BCUT2D eigenvalue weighted by Crippen LogP contribution is -2.21. The van der Waals surface area contributed by atoms with Crippen molar-refractivity contribution in [3.8, 4) is 5.75 Å². The SMILES string of the molecule is COc1ccc(C(=O)OCC(=O)Nc2ccc(C)cc2C)c(C)c1. The van der Waals surface area contributed by atoms with Gasteiger partial charge in [-0.05, 0) is 56.2 Å². The van der Waals surface area contributed by atoms with E-state index in [0.29, 0.717) is 17.0 Å². The highest BCUT2D eigenvalue weighted by molar-refractivity contribution is 5.96. The number of methoxy groups -OCH3 is 1. The molecule has 0 saturated heterocycles. The molecule has 0 atom stereocenters.